The normalized spacial score (nSPS) is 17.6. The third-order valence-electron chi connectivity index (χ3n) is 4.04. The zero-order valence-electron chi connectivity index (χ0n) is 12.2. The fourth-order valence-corrected chi connectivity index (χ4v) is 2.77. The van der Waals surface area contributed by atoms with Crippen molar-refractivity contribution >= 4 is 0 Å². The molecular weight excluding hydrogens is 260 g/mol. The average molecular weight is 282 g/mol. The Morgan fingerprint density at radius 2 is 1.52 bits per heavy atom. The van der Waals surface area contributed by atoms with Crippen LogP contribution in [-0.2, 0) is 0 Å². The molecule has 0 spiro atoms. The molecular formula is C18H22N2O. The number of rotatable bonds is 4. The van der Waals surface area contributed by atoms with Crippen LogP contribution in [0.25, 0.3) is 11.1 Å². The molecule has 3 nitrogen and oxygen atoms in total. The fourth-order valence-electron chi connectivity index (χ4n) is 2.77. The summed E-state index contributed by atoms with van der Waals surface area (Å²) in [5, 5.41) is 13.7. The summed E-state index contributed by atoms with van der Waals surface area (Å²) >= 11 is 0. The van der Waals surface area contributed by atoms with E-state index in [2.05, 4.69) is 34.5 Å². The van der Waals surface area contributed by atoms with Gasteiger partial charge in [0.2, 0.25) is 0 Å². The molecule has 2 N–H and O–H groups in total. The van der Waals surface area contributed by atoms with Crippen LogP contribution in [0.2, 0.25) is 0 Å². The number of nitrogens with zero attached hydrogens (tertiary/aromatic N) is 1. The molecule has 3 rings (SSSR count). The molecule has 1 fully saturated rings. The van der Waals surface area contributed by atoms with Gasteiger partial charge in [-0.15, -0.1) is 0 Å². The van der Waals surface area contributed by atoms with Crippen molar-refractivity contribution in [2.24, 2.45) is 0 Å². The lowest BCUT2D eigenvalue weighted by molar-refractivity contribution is 0.105. The number of hydrogen-bond acceptors (Lipinski definition) is 3. The van der Waals surface area contributed by atoms with Gasteiger partial charge in [-0.25, -0.2) is 0 Å². The highest BCUT2D eigenvalue weighted by molar-refractivity contribution is 5.63. The Morgan fingerprint density at radius 1 is 0.905 bits per heavy atom. The first-order valence-electron chi connectivity index (χ1n) is 7.59. The van der Waals surface area contributed by atoms with Crippen molar-refractivity contribution in [1.29, 1.82) is 0 Å². The molecule has 21 heavy (non-hydrogen) atoms. The van der Waals surface area contributed by atoms with Gasteiger partial charge in [-0.1, -0.05) is 54.6 Å². The predicted molar refractivity (Wildman–Crippen MR) is 86.1 cm³/mol. The van der Waals surface area contributed by atoms with Crippen molar-refractivity contribution in [2.45, 2.75) is 6.10 Å². The van der Waals surface area contributed by atoms with Crippen molar-refractivity contribution < 1.29 is 5.11 Å². The summed E-state index contributed by atoms with van der Waals surface area (Å²) in [6.07, 6.45) is -0.409. The lowest BCUT2D eigenvalue weighted by Gasteiger charge is -2.29. The SMILES string of the molecule is OC(CN1CCNCC1)c1ccc(-c2ccccc2)cc1. The van der Waals surface area contributed by atoms with Crippen LogP contribution in [0.3, 0.4) is 0 Å². The zero-order chi connectivity index (χ0) is 14.5. The Balaban J connectivity index is 1.66. The Hall–Kier alpha value is -1.68. The van der Waals surface area contributed by atoms with E-state index in [0.717, 1.165) is 31.7 Å². The third-order valence-corrected chi connectivity index (χ3v) is 4.04. The van der Waals surface area contributed by atoms with Crippen molar-refractivity contribution in [3.8, 4) is 11.1 Å². The fraction of sp³-hybridized carbons (Fsp3) is 0.333. The van der Waals surface area contributed by atoms with Crippen molar-refractivity contribution in [3.63, 3.8) is 0 Å². The summed E-state index contributed by atoms with van der Waals surface area (Å²) in [6.45, 7) is 4.77. The number of hydrogen-bond donors (Lipinski definition) is 2. The van der Waals surface area contributed by atoms with Gasteiger partial charge in [-0.3, -0.25) is 4.90 Å². The van der Waals surface area contributed by atoms with Gasteiger partial charge in [0.15, 0.2) is 0 Å². The molecule has 1 atom stereocenters. The van der Waals surface area contributed by atoms with E-state index < -0.39 is 6.10 Å². The molecule has 1 heterocycles. The number of nitrogens with one attached hydrogen (secondary N) is 1. The maximum atomic E-state index is 10.4. The largest absolute Gasteiger partial charge is 0.387 e. The summed E-state index contributed by atoms with van der Waals surface area (Å²) in [4.78, 5) is 2.31. The van der Waals surface area contributed by atoms with E-state index in [1.807, 2.05) is 30.3 Å². The molecule has 0 bridgehead atoms. The lowest BCUT2D eigenvalue weighted by Crippen LogP contribution is -2.44. The topological polar surface area (TPSA) is 35.5 Å². The lowest BCUT2D eigenvalue weighted by atomic mass is 10.0. The molecule has 0 aromatic heterocycles. The Kier molecular flexibility index (Phi) is 4.65. The number of aliphatic hydroxyl groups is 1. The molecule has 0 amide bonds. The minimum Gasteiger partial charge on any atom is -0.387 e. The van der Waals surface area contributed by atoms with Crippen LogP contribution in [0.4, 0.5) is 0 Å². The molecule has 3 heteroatoms. The molecule has 0 saturated carbocycles. The quantitative estimate of drug-likeness (QED) is 0.903. The second-order valence-electron chi connectivity index (χ2n) is 5.55. The van der Waals surface area contributed by atoms with Gasteiger partial charge >= 0.3 is 0 Å². The Labute approximate surface area is 126 Å². The maximum absolute atomic E-state index is 10.4. The molecule has 1 unspecified atom stereocenters. The summed E-state index contributed by atoms with van der Waals surface area (Å²) in [6, 6.07) is 18.6. The van der Waals surface area contributed by atoms with Crippen LogP contribution < -0.4 is 5.32 Å². The molecule has 1 saturated heterocycles. The number of aliphatic hydroxyl groups excluding tert-OH is 1. The Bertz CT molecular complexity index is 547. The monoisotopic (exact) mass is 282 g/mol. The van der Waals surface area contributed by atoms with Crippen molar-refractivity contribution in [3.05, 3.63) is 60.2 Å². The standard InChI is InChI=1S/C18H22N2O/c21-18(14-20-12-10-19-11-13-20)17-8-6-16(7-9-17)15-4-2-1-3-5-15/h1-9,18-19,21H,10-14H2. The van der Waals surface area contributed by atoms with Gasteiger partial charge in [0.1, 0.15) is 0 Å². The second-order valence-corrected chi connectivity index (χ2v) is 5.55. The van der Waals surface area contributed by atoms with Crippen LogP contribution >= 0.6 is 0 Å². The molecule has 0 radical (unpaired) electrons. The van der Waals surface area contributed by atoms with E-state index in [0.29, 0.717) is 6.54 Å². The summed E-state index contributed by atoms with van der Waals surface area (Å²) in [5.41, 5.74) is 3.39. The zero-order valence-corrected chi connectivity index (χ0v) is 12.2. The first-order chi connectivity index (χ1) is 10.3. The predicted octanol–water partition coefficient (Wildman–Crippen LogP) is 2.29. The van der Waals surface area contributed by atoms with E-state index in [4.69, 9.17) is 0 Å². The smallest absolute Gasteiger partial charge is 0.0916 e. The molecule has 1 aliphatic heterocycles. The van der Waals surface area contributed by atoms with E-state index in [9.17, 15) is 5.11 Å². The van der Waals surface area contributed by atoms with Gasteiger partial charge < -0.3 is 10.4 Å². The van der Waals surface area contributed by atoms with E-state index in [1.165, 1.54) is 11.1 Å². The maximum Gasteiger partial charge on any atom is 0.0916 e. The minimum atomic E-state index is -0.409. The van der Waals surface area contributed by atoms with E-state index in [1.54, 1.807) is 0 Å². The number of β-amino-alcohol motifs (C(OH)–C–C–N with tert-alkyl or cyclic N) is 1. The third kappa shape index (κ3) is 3.70. The van der Waals surface area contributed by atoms with Crippen LogP contribution in [-0.4, -0.2) is 42.7 Å². The molecule has 0 aliphatic carbocycles. The van der Waals surface area contributed by atoms with Crippen LogP contribution in [0.15, 0.2) is 54.6 Å². The van der Waals surface area contributed by atoms with Gasteiger partial charge in [-0.05, 0) is 16.7 Å². The van der Waals surface area contributed by atoms with Crippen LogP contribution in [0, 0.1) is 0 Å². The molecule has 2 aromatic carbocycles. The number of piperazine rings is 1. The first kappa shape index (κ1) is 14.3. The molecule has 110 valence electrons. The van der Waals surface area contributed by atoms with Crippen molar-refractivity contribution in [1.82, 2.24) is 10.2 Å². The van der Waals surface area contributed by atoms with Crippen LogP contribution in [0.1, 0.15) is 11.7 Å². The van der Waals surface area contributed by atoms with Gasteiger partial charge in [0.05, 0.1) is 6.10 Å². The minimum absolute atomic E-state index is 0.409. The second kappa shape index (κ2) is 6.85. The van der Waals surface area contributed by atoms with Gasteiger partial charge in [0, 0.05) is 32.7 Å². The highest BCUT2D eigenvalue weighted by Gasteiger charge is 2.15. The van der Waals surface area contributed by atoms with Crippen LogP contribution in [0.5, 0.6) is 0 Å². The highest BCUT2D eigenvalue weighted by atomic mass is 16.3. The highest BCUT2D eigenvalue weighted by Crippen LogP contribution is 2.22. The summed E-state index contributed by atoms with van der Waals surface area (Å²) < 4.78 is 0. The number of benzene rings is 2. The molecule has 1 aliphatic rings. The molecule has 2 aromatic rings. The van der Waals surface area contributed by atoms with Gasteiger partial charge in [0.25, 0.3) is 0 Å². The van der Waals surface area contributed by atoms with Crippen molar-refractivity contribution in [2.75, 3.05) is 32.7 Å². The average Bonchev–Trinajstić information content (AvgIpc) is 2.57. The summed E-state index contributed by atoms with van der Waals surface area (Å²) in [5.74, 6) is 0. The summed E-state index contributed by atoms with van der Waals surface area (Å²) in [7, 11) is 0. The van der Waals surface area contributed by atoms with E-state index >= 15 is 0 Å². The van der Waals surface area contributed by atoms with E-state index in [-0.39, 0.29) is 0 Å². The first-order valence-corrected chi connectivity index (χ1v) is 7.59. The Morgan fingerprint density at radius 3 is 2.19 bits per heavy atom. The van der Waals surface area contributed by atoms with Gasteiger partial charge in [-0.2, -0.15) is 0 Å².